The fraction of sp³-hybridized carbons (Fsp3) is 0.423. The topological polar surface area (TPSA) is 95.9 Å². The molecule has 33 heavy (non-hydrogen) atoms. The standard InChI is InChI=1S/C26H28N2O5/c29-23(30)12-16-13-28(14-16)25(31)24(17-6-5-7-17)27-26(32)33-15-22-20-10-3-1-8-18(20)19-9-2-4-11-21(19)22/h1-4,8-11,16-17,22,24H,5-7,12-15H2,(H,27,32)(H,29,30). The van der Waals surface area contributed by atoms with Gasteiger partial charge in [0.15, 0.2) is 0 Å². The number of ether oxygens (including phenoxy) is 1. The van der Waals surface area contributed by atoms with Gasteiger partial charge in [0.05, 0.1) is 6.42 Å². The quantitative estimate of drug-likeness (QED) is 0.674. The Morgan fingerprint density at radius 1 is 1.00 bits per heavy atom. The average molecular weight is 449 g/mol. The molecule has 2 amide bonds. The van der Waals surface area contributed by atoms with Gasteiger partial charge >= 0.3 is 12.1 Å². The molecule has 1 saturated carbocycles. The van der Waals surface area contributed by atoms with Crippen LogP contribution in [0.15, 0.2) is 48.5 Å². The number of nitrogens with zero attached hydrogens (tertiary/aromatic N) is 1. The number of nitrogens with one attached hydrogen (secondary N) is 1. The number of fused-ring (bicyclic) bond motifs is 3. The number of alkyl carbamates (subject to hydrolysis) is 1. The van der Waals surface area contributed by atoms with Crippen LogP contribution in [0.4, 0.5) is 4.79 Å². The van der Waals surface area contributed by atoms with Crippen molar-refractivity contribution in [3.63, 3.8) is 0 Å². The van der Waals surface area contributed by atoms with Crippen molar-refractivity contribution in [2.24, 2.45) is 11.8 Å². The summed E-state index contributed by atoms with van der Waals surface area (Å²) in [7, 11) is 0. The molecule has 3 aliphatic rings. The molecule has 0 spiro atoms. The number of hydrogen-bond donors (Lipinski definition) is 2. The van der Waals surface area contributed by atoms with Crippen LogP contribution in [-0.4, -0.2) is 53.7 Å². The Morgan fingerprint density at radius 2 is 1.61 bits per heavy atom. The molecule has 1 saturated heterocycles. The lowest BCUT2D eigenvalue weighted by atomic mass is 9.78. The average Bonchev–Trinajstić information content (AvgIpc) is 3.06. The van der Waals surface area contributed by atoms with Crippen LogP contribution in [0.3, 0.4) is 0 Å². The molecule has 7 nitrogen and oxygen atoms in total. The summed E-state index contributed by atoms with van der Waals surface area (Å²) in [6, 6.07) is 15.7. The van der Waals surface area contributed by atoms with E-state index in [0.717, 1.165) is 30.4 Å². The first-order chi connectivity index (χ1) is 16.0. The number of aliphatic carboxylic acids is 1. The Balaban J connectivity index is 1.22. The molecule has 1 atom stereocenters. The summed E-state index contributed by atoms with van der Waals surface area (Å²) in [5.74, 6) is -0.915. The third kappa shape index (κ3) is 4.19. The third-order valence-corrected chi connectivity index (χ3v) is 7.24. The highest BCUT2D eigenvalue weighted by Crippen LogP contribution is 2.44. The summed E-state index contributed by atoms with van der Waals surface area (Å²) < 4.78 is 5.65. The zero-order chi connectivity index (χ0) is 22.9. The molecule has 172 valence electrons. The van der Waals surface area contributed by atoms with Gasteiger partial charge in [0.25, 0.3) is 0 Å². The summed E-state index contributed by atoms with van der Waals surface area (Å²) in [6.45, 7) is 1.07. The lowest BCUT2D eigenvalue weighted by Gasteiger charge is -2.43. The normalized spacial score (nSPS) is 18.5. The number of carboxylic acid groups (broad SMARTS) is 1. The van der Waals surface area contributed by atoms with Crippen LogP contribution in [-0.2, 0) is 14.3 Å². The molecular weight excluding hydrogens is 420 g/mol. The molecule has 1 unspecified atom stereocenters. The van der Waals surface area contributed by atoms with E-state index in [1.807, 2.05) is 24.3 Å². The summed E-state index contributed by atoms with van der Waals surface area (Å²) in [4.78, 5) is 38.3. The molecule has 0 radical (unpaired) electrons. The van der Waals surface area contributed by atoms with E-state index < -0.39 is 18.1 Å². The molecular formula is C26H28N2O5. The number of amides is 2. The highest BCUT2D eigenvalue weighted by molar-refractivity contribution is 5.87. The number of hydrogen-bond acceptors (Lipinski definition) is 4. The van der Waals surface area contributed by atoms with Crippen molar-refractivity contribution in [3.05, 3.63) is 59.7 Å². The molecule has 2 aromatic carbocycles. The minimum Gasteiger partial charge on any atom is -0.481 e. The zero-order valence-electron chi connectivity index (χ0n) is 18.4. The minimum absolute atomic E-state index is 0.0112. The fourth-order valence-electron chi connectivity index (χ4n) is 5.24. The number of carbonyl (C=O) groups excluding carboxylic acids is 2. The van der Waals surface area contributed by atoms with Crippen molar-refractivity contribution in [2.75, 3.05) is 19.7 Å². The number of benzene rings is 2. The number of carbonyl (C=O) groups is 3. The van der Waals surface area contributed by atoms with Gasteiger partial charge in [0.1, 0.15) is 12.6 Å². The predicted molar refractivity (Wildman–Crippen MR) is 122 cm³/mol. The first-order valence-electron chi connectivity index (χ1n) is 11.6. The Morgan fingerprint density at radius 3 is 2.15 bits per heavy atom. The second-order valence-corrected chi connectivity index (χ2v) is 9.35. The Kier molecular flexibility index (Phi) is 5.79. The van der Waals surface area contributed by atoms with E-state index in [9.17, 15) is 14.4 Å². The third-order valence-electron chi connectivity index (χ3n) is 7.24. The van der Waals surface area contributed by atoms with E-state index >= 15 is 0 Å². The summed E-state index contributed by atoms with van der Waals surface area (Å²) >= 11 is 0. The Bertz CT molecular complexity index is 1030. The zero-order valence-corrected chi connectivity index (χ0v) is 18.4. The van der Waals surface area contributed by atoms with E-state index in [-0.39, 0.29) is 36.7 Å². The van der Waals surface area contributed by atoms with Crippen molar-refractivity contribution in [1.82, 2.24) is 10.2 Å². The molecule has 0 aromatic heterocycles. The highest BCUT2D eigenvalue weighted by Gasteiger charge is 2.41. The van der Waals surface area contributed by atoms with Crippen molar-refractivity contribution >= 4 is 18.0 Å². The van der Waals surface area contributed by atoms with Crippen molar-refractivity contribution in [3.8, 4) is 11.1 Å². The van der Waals surface area contributed by atoms with Crippen LogP contribution in [0.2, 0.25) is 0 Å². The van der Waals surface area contributed by atoms with E-state index in [2.05, 4.69) is 29.6 Å². The van der Waals surface area contributed by atoms with E-state index in [0.29, 0.717) is 13.1 Å². The summed E-state index contributed by atoms with van der Waals surface area (Å²) in [5.41, 5.74) is 4.61. The van der Waals surface area contributed by atoms with Crippen LogP contribution < -0.4 is 5.32 Å². The Labute approximate surface area is 192 Å². The van der Waals surface area contributed by atoms with Crippen molar-refractivity contribution in [1.29, 1.82) is 0 Å². The monoisotopic (exact) mass is 448 g/mol. The van der Waals surface area contributed by atoms with Crippen LogP contribution in [0.5, 0.6) is 0 Å². The van der Waals surface area contributed by atoms with E-state index in [1.165, 1.54) is 11.1 Å². The fourth-order valence-corrected chi connectivity index (χ4v) is 5.24. The lowest BCUT2D eigenvalue weighted by molar-refractivity contribution is -0.147. The van der Waals surface area contributed by atoms with Gasteiger partial charge in [-0.3, -0.25) is 9.59 Å². The molecule has 0 bridgehead atoms. The first kappa shape index (κ1) is 21.5. The number of likely N-dealkylation sites (tertiary alicyclic amines) is 1. The van der Waals surface area contributed by atoms with Gasteiger partial charge in [-0.15, -0.1) is 0 Å². The van der Waals surface area contributed by atoms with Gasteiger partial charge in [-0.05, 0) is 41.0 Å². The summed E-state index contributed by atoms with van der Waals surface area (Å²) in [5, 5.41) is 11.8. The molecule has 2 N–H and O–H groups in total. The molecule has 2 fully saturated rings. The number of carboxylic acids is 1. The molecule has 7 heteroatoms. The highest BCUT2D eigenvalue weighted by atomic mass is 16.5. The van der Waals surface area contributed by atoms with Gasteiger partial charge in [-0.1, -0.05) is 55.0 Å². The van der Waals surface area contributed by atoms with Crippen LogP contribution in [0.25, 0.3) is 11.1 Å². The largest absolute Gasteiger partial charge is 0.481 e. The maximum atomic E-state index is 13.0. The second-order valence-electron chi connectivity index (χ2n) is 9.35. The van der Waals surface area contributed by atoms with Crippen LogP contribution >= 0.6 is 0 Å². The summed E-state index contributed by atoms with van der Waals surface area (Å²) in [6.07, 6.45) is 2.32. The SMILES string of the molecule is O=C(O)CC1CN(C(=O)C(NC(=O)OCC2c3ccccc3-c3ccccc32)C2CCC2)C1. The van der Waals surface area contributed by atoms with Gasteiger partial charge in [-0.25, -0.2) is 4.79 Å². The maximum Gasteiger partial charge on any atom is 0.407 e. The maximum absolute atomic E-state index is 13.0. The van der Waals surface area contributed by atoms with E-state index in [1.54, 1.807) is 4.90 Å². The molecule has 1 aliphatic heterocycles. The molecule has 5 rings (SSSR count). The lowest BCUT2D eigenvalue weighted by Crippen LogP contribution is -2.60. The second kappa shape index (κ2) is 8.89. The van der Waals surface area contributed by atoms with Gasteiger partial charge in [0.2, 0.25) is 5.91 Å². The molecule has 1 heterocycles. The van der Waals surface area contributed by atoms with E-state index in [4.69, 9.17) is 9.84 Å². The number of rotatable bonds is 7. The smallest absolute Gasteiger partial charge is 0.407 e. The molecule has 2 aliphatic carbocycles. The van der Waals surface area contributed by atoms with Gasteiger partial charge in [-0.2, -0.15) is 0 Å². The van der Waals surface area contributed by atoms with Crippen molar-refractivity contribution < 1.29 is 24.2 Å². The Hall–Kier alpha value is -3.35. The van der Waals surface area contributed by atoms with Crippen LogP contribution in [0.1, 0.15) is 42.7 Å². The van der Waals surface area contributed by atoms with Crippen LogP contribution in [0, 0.1) is 11.8 Å². The minimum atomic E-state index is -0.848. The first-order valence-corrected chi connectivity index (χ1v) is 11.6. The predicted octanol–water partition coefficient (Wildman–Crippen LogP) is 3.63. The molecule has 2 aromatic rings. The van der Waals surface area contributed by atoms with Gasteiger partial charge < -0.3 is 20.1 Å². The van der Waals surface area contributed by atoms with Crippen molar-refractivity contribution in [2.45, 2.75) is 37.6 Å². The van der Waals surface area contributed by atoms with Gasteiger partial charge in [0, 0.05) is 24.9 Å².